The topological polar surface area (TPSA) is 47.9 Å². The van der Waals surface area contributed by atoms with E-state index in [9.17, 15) is 0 Å². The average Bonchev–Trinajstić information content (AvgIpc) is 3.15. The molecule has 1 aromatic carbocycles. The van der Waals surface area contributed by atoms with Gasteiger partial charge in [-0.1, -0.05) is 18.2 Å². The van der Waals surface area contributed by atoms with Gasteiger partial charge in [-0.25, -0.2) is 9.97 Å². The smallest absolute Gasteiger partial charge is 0.231 e. The van der Waals surface area contributed by atoms with E-state index in [-0.39, 0.29) is 0 Å². The summed E-state index contributed by atoms with van der Waals surface area (Å²) in [7, 11) is 0. The molecule has 0 fully saturated rings. The maximum Gasteiger partial charge on any atom is 0.231 e. The molecule has 1 aliphatic carbocycles. The van der Waals surface area contributed by atoms with Gasteiger partial charge < -0.3 is 4.74 Å². The Bertz CT molecular complexity index is 1130. The first kappa shape index (κ1) is 14.8. The lowest BCUT2D eigenvalue weighted by Crippen LogP contribution is -1.96. The van der Waals surface area contributed by atoms with Crippen molar-refractivity contribution >= 4 is 32.5 Å². The molecule has 0 saturated heterocycles. The van der Waals surface area contributed by atoms with Crippen LogP contribution in [-0.2, 0) is 12.8 Å². The first-order valence-corrected chi connectivity index (χ1v) is 9.34. The number of fused-ring (bicyclic) bond motifs is 4. The van der Waals surface area contributed by atoms with E-state index < -0.39 is 0 Å². The Kier molecular flexibility index (Phi) is 3.25. The number of aromatic nitrogens is 3. The van der Waals surface area contributed by atoms with Gasteiger partial charge >= 0.3 is 0 Å². The molecule has 0 N–H and O–H groups in total. The van der Waals surface area contributed by atoms with Crippen molar-refractivity contribution in [2.45, 2.75) is 33.1 Å². The number of nitrogens with zero attached hydrogens (tertiary/aromatic N) is 3. The highest BCUT2D eigenvalue weighted by molar-refractivity contribution is 7.19. The minimum atomic E-state index is 0.665. The molecule has 5 rings (SSSR count). The molecule has 0 saturated carbocycles. The minimum Gasteiger partial charge on any atom is -0.436 e. The summed E-state index contributed by atoms with van der Waals surface area (Å²) in [5.74, 6) is 2.16. The molecule has 5 heteroatoms. The van der Waals surface area contributed by atoms with Crippen LogP contribution >= 0.6 is 11.3 Å². The number of para-hydroxylation sites is 1. The standard InChI is InChI=1S/C20H17N3OS/c1-11-9-10-13-5-3-7-15(18(13)21-11)24-19-17-14-6-4-8-16(14)25-20(17)23-12(2)22-19/h3,5,7,9-10H,4,6,8H2,1-2H3. The quantitative estimate of drug-likeness (QED) is 0.504. The number of rotatable bonds is 2. The fourth-order valence-electron chi connectivity index (χ4n) is 3.54. The van der Waals surface area contributed by atoms with Gasteiger partial charge in [0.1, 0.15) is 16.2 Å². The molecule has 0 radical (unpaired) electrons. The maximum atomic E-state index is 6.32. The lowest BCUT2D eigenvalue weighted by molar-refractivity contribution is 0.470. The van der Waals surface area contributed by atoms with Crippen molar-refractivity contribution in [3.63, 3.8) is 0 Å². The molecule has 3 heterocycles. The summed E-state index contributed by atoms with van der Waals surface area (Å²) in [5, 5.41) is 2.16. The number of hydrogen-bond acceptors (Lipinski definition) is 5. The van der Waals surface area contributed by atoms with Crippen molar-refractivity contribution in [3.8, 4) is 11.6 Å². The first-order valence-electron chi connectivity index (χ1n) is 8.52. The van der Waals surface area contributed by atoms with Crippen LogP contribution in [0.2, 0.25) is 0 Å². The highest BCUT2D eigenvalue weighted by Gasteiger charge is 2.23. The number of pyridine rings is 1. The van der Waals surface area contributed by atoms with Gasteiger partial charge in [-0.2, -0.15) is 4.98 Å². The van der Waals surface area contributed by atoms with Gasteiger partial charge in [0.15, 0.2) is 5.75 Å². The second-order valence-corrected chi connectivity index (χ2v) is 7.58. The van der Waals surface area contributed by atoms with Crippen LogP contribution in [0.15, 0.2) is 30.3 Å². The number of ether oxygens (including phenoxy) is 1. The largest absolute Gasteiger partial charge is 0.436 e. The summed E-state index contributed by atoms with van der Waals surface area (Å²) in [6.45, 7) is 3.91. The summed E-state index contributed by atoms with van der Waals surface area (Å²) in [6, 6.07) is 10.1. The normalized spacial score (nSPS) is 13.5. The zero-order valence-electron chi connectivity index (χ0n) is 14.2. The Morgan fingerprint density at radius 3 is 2.84 bits per heavy atom. The van der Waals surface area contributed by atoms with E-state index in [1.807, 2.05) is 32.0 Å². The van der Waals surface area contributed by atoms with E-state index in [0.29, 0.717) is 5.88 Å². The fourth-order valence-corrected chi connectivity index (χ4v) is 4.84. The highest BCUT2D eigenvalue weighted by Crippen LogP contribution is 2.42. The Morgan fingerprint density at radius 2 is 1.92 bits per heavy atom. The Labute approximate surface area is 149 Å². The molecule has 0 atom stereocenters. The average molecular weight is 347 g/mol. The van der Waals surface area contributed by atoms with Crippen LogP contribution in [0.4, 0.5) is 0 Å². The van der Waals surface area contributed by atoms with Crippen LogP contribution < -0.4 is 4.74 Å². The fraction of sp³-hybridized carbons (Fsp3) is 0.250. The Morgan fingerprint density at radius 1 is 1.00 bits per heavy atom. The van der Waals surface area contributed by atoms with Crippen LogP contribution in [0.1, 0.15) is 28.4 Å². The third-order valence-corrected chi connectivity index (χ3v) is 5.86. The zero-order valence-corrected chi connectivity index (χ0v) is 15.0. The van der Waals surface area contributed by atoms with Gasteiger partial charge in [0.25, 0.3) is 0 Å². The SMILES string of the molecule is Cc1ccc2cccc(Oc3nc(C)nc4sc5c(c34)CCC5)c2n1. The Balaban J connectivity index is 1.71. The molecule has 0 aliphatic heterocycles. The van der Waals surface area contributed by atoms with Crippen molar-refractivity contribution in [2.75, 3.05) is 0 Å². The summed E-state index contributed by atoms with van der Waals surface area (Å²) >= 11 is 1.78. The molecule has 0 amide bonds. The molecule has 0 spiro atoms. The van der Waals surface area contributed by atoms with Crippen LogP contribution in [0.3, 0.4) is 0 Å². The maximum absolute atomic E-state index is 6.32. The van der Waals surface area contributed by atoms with Gasteiger partial charge in [-0.3, -0.25) is 0 Å². The van der Waals surface area contributed by atoms with E-state index in [1.54, 1.807) is 11.3 Å². The molecular weight excluding hydrogens is 330 g/mol. The van der Waals surface area contributed by atoms with Crippen LogP contribution in [0.25, 0.3) is 21.1 Å². The second kappa shape index (κ2) is 5.49. The predicted molar refractivity (Wildman–Crippen MR) is 101 cm³/mol. The molecule has 0 bridgehead atoms. The van der Waals surface area contributed by atoms with E-state index in [1.165, 1.54) is 16.9 Å². The molecule has 25 heavy (non-hydrogen) atoms. The van der Waals surface area contributed by atoms with Crippen molar-refractivity contribution in [1.29, 1.82) is 0 Å². The van der Waals surface area contributed by atoms with Gasteiger partial charge in [0.2, 0.25) is 5.88 Å². The monoisotopic (exact) mass is 347 g/mol. The molecule has 4 aromatic rings. The van der Waals surface area contributed by atoms with Crippen molar-refractivity contribution < 1.29 is 4.74 Å². The number of benzene rings is 1. The summed E-state index contributed by atoms with van der Waals surface area (Å²) in [6.07, 6.45) is 3.44. The molecule has 124 valence electrons. The van der Waals surface area contributed by atoms with Crippen molar-refractivity contribution in [2.24, 2.45) is 0 Å². The molecule has 1 aliphatic rings. The van der Waals surface area contributed by atoms with Crippen LogP contribution in [-0.4, -0.2) is 15.0 Å². The summed E-state index contributed by atoms with van der Waals surface area (Å²) in [4.78, 5) is 16.4. The van der Waals surface area contributed by atoms with Gasteiger partial charge in [0, 0.05) is 16.0 Å². The van der Waals surface area contributed by atoms with Gasteiger partial charge in [-0.05, 0) is 50.8 Å². The van der Waals surface area contributed by atoms with E-state index in [2.05, 4.69) is 27.1 Å². The second-order valence-electron chi connectivity index (χ2n) is 6.50. The lowest BCUT2D eigenvalue weighted by atomic mass is 10.2. The van der Waals surface area contributed by atoms with Crippen molar-refractivity contribution in [1.82, 2.24) is 15.0 Å². The molecule has 3 aromatic heterocycles. The number of thiophene rings is 1. The van der Waals surface area contributed by atoms with Crippen LogP contribution in [0, 0.1) is 13.8 Å². The summed E-state index contributed by atoms with van der Waals surface area (Å²) < 4.78 is 6.32. The highest BCUT2D eigenvalue weighted by atomic mass is 32.1. The zero-order chi connectivity index (χ0) is 17.0. The van der Waals surface area contributed by atoms with Gasteiger partial charge in [0.05, 0.1) is 5.39 Å². The van der Waals surface area contributed by atoms with E-state index in [4.69, 9.17) is 4.74 Å². The molecule has 4 nitrogen and oxygen atoms in total. The van der Waals surface area contributed by atoms with Crippen molar-refractivity contribution in [3.05, 3.63) is 52.3 Å². The number of aryl methyl sites for hydroxylation is 4. The molecular formula is C20H17N3OS. The predicted octanol–water partition coefficient (Wildman–Crippen LogP) is 5.14. The third-order valence-electron chi connectivity index (χ3n) is 4.67. The Hall–Kier alpha value is -2.53. The molecule has 0 unspecified atom stereocenters. The lowest BCUT2D eigenvalue weighted by Gasteiger charge is -2.10. The van der Waals surface area contributed by atoms with Crippen LogP contribution in [0.5, 0.6) is 11.6 Å². The first-order chi connectivity index (χ1) is 12.2. The minimum absolute atomic E-state index is 0.665. The third kappa shape index (κ3) is 2.38. The van der Waals surface area contributed by atoms with Gasteiger partial charge in [-0.15, -0.1) is 11.3 Å². The summed E-state index contributed by atoms with van der Waals surface area (Å²) in [5.41, 5.74) is 3.22. The number of hydrogen-bond donors (Lipinski definition) is 0. The van der Waals surface area contributed by atoms with E-state index in [0.717, 1.165) is 51.2 Å². The van der Waals surface area contributed by atoms with E-state index >= 15 is 0 Å².